The molecule has 5 rings (SSSR count). The summed E-state index contributed by atoms with van der Waals surface area (Å²) < 4.78 is 10.9. The molecule has 33 heavy (non-hydrogen) atoms. The van der Waals surface area contributed by atoms with E-state index in [0.29, 0.717) is 17.2 Å². The van der Waals surface area contributed by atoms with Crippen LogP contribution in [-0.4, -0.2) is 32.1 Å². The average Bonchev–Trinajstić information content (AvgIpc) is 3.36. The molecule has 2 saturated heterocycles. The normalized spacial score (nSPS) is 22.0. The lowest BCUT2D eigenvalue weighted by Crippen LogP contribution is -2.37. The van der Waals surface area contributed by atoms with Gasteiger partial charge in [-0.1, -0.05) is 42.0 Å². The topological polar surface area (TPSA) is 68.3 Å². The predicted octanol–water partition coefficient (Wildman–Crippen LogP) is 4.06. The van der Waals surface area contributed by atoms with Crippen LogP contribution in [0.25, 0.3) is 0 Å². The van der Waals surface area contributed by atoms with Crippen molar-refractivity contribution in [2.45, 2.75) is 19.1 Å². The molecule has 0 spiro atoms. The van der Waals surface area contributed by atoms with Crippen molar-refractivity contribution in [1.82, 2.24) is 0 Å². The van der Waals surface area contributed by atoms with E-state index >= 15 is 0 Å². The van der Waals surface area contributed by atoms with E-state index in [1.807, 2.05) is 61.5 Å². The van der Waals surface area contributed by atoms with Crippen LogP contribution in [0.15, 0.2) is 72.8 Å². The molecular weight excluding hydrogens is 420 g/mol. The molecule has 2 aliphatic rings. The quantitative estimate of drug-likeness (QED) is 0.553. The van der Waals surface area contributed by atoms with Crippen molar-refractivity contribution in [1.29, 1.82) is 0 Å². The molecule has 0 bridgehead atoms. The summed E-state index contributed by atoms with van der Waals surface area (Å²) in [5, 5.41) is 1.67. The van der Waals surface area contributed by atoms with Crippen LogP contribution in [0.5, 0.6) is 11.5 Å². The Balaban J connectivity index is 1.60. The Morgan fingerprint density at radius 3 is 2.15 bits per heavy atom. The van der Waals surface area contributed by atoms with Crippen LogP contribution in [-0.2, 0) is 14.4 Å². The minimum atomic E-state index is -0.919. The van der Waals surface area contributed by atoms with E-state index in [9.17, 15) is 9.59 Å². The van der Waals surface area contributed by atoms with Crippen molar-refractivity contribution in [2.24, 2.45) is 5.92 Å². The molecule has 2 heterocycles. The molecule has 2 aliphatic heterocycles. The van der Waals surface area contributed by atoms with Crippen LogP contribution in [0.3, 0.4) is 0 Å². The molecule has 0 unspecified atom stereocenters. The van der Waals surface area contributed by atoms with Gasteiger partial charge in [-0.15, -0.1) is 0 Å². The van der Waals surface area contributed by atoms with Crippen LogP contribution in [0, 0.1) is 12.8 Å². The summed E-state index contributed by atoms with van der Waals surface area (Å²) in [4.78, 5) is 34.4. The van der Waals surface area contributed by atoms with Gasteiger partial charge in [-0.2, -0.15) is 0 Å². The highest BCUT2D eigenvalue weighted by Crippen LogP contribution is 2.48. The molecule has 0 aromatic heterocycles. The van der Waals surface area contributed by atoms with Gasteiger partial charge in [-0.25, -0.2) is 9.96 Å². The van der Waals surface area contributed by atoms with Crippen LogP contribution in [0.1, 0.15) is 17.2 Å². The highest BCUT2D eigenvalue weighted by Gasteiger charge is 2.60. The summed E-state index contributed by atoms with van der Waals surface area (Å²) in [7, 11) is 3.13. The molecule has 168 valence electrons. The first-order valence-electron chi connectivity index (χ1n) is 10.7. The van der Waals surface area contributed by atoms with Crippen LogP contribution < -0.4 is 19.4 Å². The highest BCUT2D eigenvalue weighted by molar-refractivity contribution is 6.23. The monoisotopic (exact) mass is 444 g/mol. The number of hydrogen-bond donors (Lipinski definition) is 0. The number of imide groups is 1. The van der Waals surface area contributed by atoms with Crippen LogP contribution >= 0.6 is 0 Å². The lowest BCUT2D eigenvalue weighted by atomic mass is 9.90. The van der Waals surface area contributed by atoms with E-state index in [-0.39, 0.29) is 11.8 Å². The molecule has 3 aromatic carbocycles. The Hall–Kier alpha value is -3.84. The predicted molar refractivity (Wildman–Crippen MR) is 123 cm³/mol. The second kappa shape index (κ2) is 8.26. The number of carbonyl (C=O) groups is 2. The minimum absolute atomic E-state index is 0.285. The maximum Gasteiger partial charge on any atom is 0.266 e. The van der Waals surface area contributed by atoms with Crippen LogP contribution in [0.2, 0.25) is 0 Å². The second-order valence-electron chi connectivity index (χ2n) is 8.12. The number of hydroxylamine groups is 1. The first kappa shape index (κ1) is 21.0. The zero-order valence-corrected chi connectivity index (χ0v) is 18.6. The second-order valence-corrected chi connectivity index (χ2v) is 8.12. The highest BCUT2D eigenvalue weighted by atomic mass is 16.7. The molecule has 0 N–H and O–H groups in total. The third-order valence-electron chi connectivity index (χ3n) is 6.17. The molecule has 0 radical (unpaired) electrons. The number of carbonyl (C=O) groups excluding carboxylic acids is 2. The van der Waals surface area contributed by atoms with Crippen molar-refractivity contribution in [2.75, 3.05) is 24.2 Å². The maximum atomic E-state index is 13.7. The Bertz CT molecular complexity index is 1200. The molecule has 7 nitrogen and oxygen atoms in total. The average molecular weight is 444 g/mol. The number of para-hydroxylation sites is 1. The standard InChI is InChI=1S/C26H24N2O5/c1-16-9-12-18(13-10-16)27-25(29)22-23(17-11-14-20(31-2)21(15-17)32-3)28(33-24(22)26(27)30)19-7-5-4-6-8-19/h4-15,22-24H,1-3H3/t22-,23+,24-/m1/s1. The molecular formula is C26H24N2O5. The van der Waals surface area contributed by atoms with Crippen LogP contribution in [0.4, 0.5) is 11.4 Å². The summed E-state index contributed by atoms with van der Waals surface area (Å²) in [6.07, 6.45) is -0.919. The Morgan fingerprint density at radius 1 is 0.788 bits per heavy atom. The Morgan fingerprint density at radius 2 is 1.48 bits per heavy atom. The number of nitrogens with zero attached hydrogens (tertiary/aromatic N) is 2. The molecule has 0 aliphatic carbocycles. The molecule has 3 aromatic rings. The summed E-state index contributed by atoms with van der Waals surface area (Å²) in [5.41, 5.74) is 3.14. The van der Waals surface area contributed by atoms with E-state index in [1.165, 1.54) is 4.90 Å². The van der Waals surface area contributed by atoms with Gasteiger partial charge in [0.15, 0.2) is 17.6 Å². The number of methoxy groups -OCH3 is 2. The Kier molecular flexibility index (Phi) is 5.26. The van der Waals surface area contributed by atoms with Crippen molar-refractivity contribution in [3.8, 4) is 11.5 Å². The summed E-state index contributed by atoms with van der Waals surface area (Å²) in [6.45, 7) is 1.96. The largest absolute Gasteiger partial charge is 0.493 e. The number of benzene rings is 3. The van der Waals surface area contributed by atoms with Crippen molar-refractivity contribution in [3.63, 3.8) is 0 Å². The molecule has 2 fully saturated rings. The van der Waals surface area contributed by atoms with Gasteiger partial charge >= 0.3 is 0 Å². The lowest BCUT2D eigenvalue weighted by Gasteiger charge is -2.29. The molecule has 2 amide bonds. The number of fused-ring (bicyclic) bond motifs is 1. The zero-order chi connectivity index (χ0) is 23.1. The number of rotatable bonds is 5. The first-order valence-corrected chi connectivity index (χ1v) is 10.7. The Labute approximate surface area is 192 Å². The SMILES string of the molecule is COc1ccc([C@H]2[C@H]3C(=O)N(c4ccc(C)cc4)C(=O)[C@@H]3ON2c2ccccc2)cc1OC. The van der Waals surface area contributed by atoms with Crippen molar-refractivity contribution < 1.29 is 23.9 Å². The zero-order valence-electron chi connectivity index (χ0n) is 18.6. The number of hydrogen-bond acceptors (Lipinski definition) is 6. The molecule has 3 atom stereocenters. The van der Waals surface area contributed by atoms with Gasteiger partial charge in [-0.05, 0) is 48.9 Å². The van der Waals surface area contributed by atoms with E-state index in [0.717, 1.165) is 16.8 Å². The summed E-state index contributed by atoms with van der Waals surface area (Å²) in [6, 6.07) is 21.8. The third kappa shape index (κ3) is 3.41. The van der Waals surface area contributed by atoms with Gasteiger partial charge in [0.25, 0.3) is 5.91 Å². The molecule has 0 saturated carbocycles. The van der Waals surface area contributed by atoms with Gasteiger partial charge in [0.2, 0.25) is 5.91 Å². The summed E-state index contributed by atoms with van der Waals surface area (Å²) >= 11 is 0. The fourth-order valence-corrected chi connectivity index (χ4v) is 4.54. The number of aryl methyl sites for hydroxylation is 1. The van der Waals surface area contributed by atoms with Gasteiger partial charge < -0.3 is 9.47 Å². The number of ether oxygens (including phenoxy) is 2. The van der Waals surface area contributed by atoms with Gasteiger partial charge in [-0.3, -0.25) is 14.4 Å². The van der Waals surface area contributed by atoms with E-state index < -0.39 is 18.1 Å². The molecule has 7 heteroatoms. The van der Waals surface area contributed by atoms with E-state index in [1.54, 1.807) is 37.5 Å². The van der Waals surface area contributed by atoms with Gasteiger partial charge in [0.1, 0.15) is 5.92 Å². The number of amides is 2. The van der Waals surface area contributed by atoms with Crippen molar-refractivity contribution >= 4 is 23.2 Å². The fourth-order valence-electron chi connectivity index (χ4n) is 4.54. The van der Waals surface area contributed by atoms with Gasteiger partial charge in [0.05, 0.1) is 31.6 Å². The third-order valence-corrected chi connectivity index (χ3v) is 6.17. The fraction of sp³-hybridized carbons (Fsp3) is 0.231. The first-order chi connectivity index (χ1) is 16.0. The van der Waals surface area contributed by atoms with Gasteiger partial charge in [0, 0.05) is 0 Å². The smallest absolute Gasteiger partial charge is 0.266 e. The van der Waals surface area contributed by atoms with E-state index in [4.69, 9.17) is 14.3 Å². The maximum absolute atomic E-state index is 13.7. The number of anilines is 2. The van der Waals surface area contributed by atoms with E-state index in [2.05, 4.69) is 0 Å². The lowest BCUT2D eigenvalue weighted by molar-refractivity contribution is -0.126. The minimum Gasteiger partial charge on any atom is -0.493 e. The summed E-state index contributed by atoms with van der Waals surface area (Å²) in [5.74, 6) is -0.237. The van der Waals surface area contributed by atoms with Crippen molar-refractivity contribution in [3.05, 3.63) is 83.9 Å².